The lowest BCUT2D eigenvalue weighted by molar-refractivity contribution is -0.163. The lowest BCUT2D eigenvalue weighted by Gasteiger charge is -2.26. The maximum absolute atomic E-state index is 12.7. The number of hydrogen-bond donors (Lipinski definition) is 1. The van der Waals surface area contributed by atoms with Crippen molar-refractivity contribution in [3.8, 4) is 0 Å². The van der Waals surface area contributed by atoms with Crippen molar-refractivity contribution in [2.45, 2.75) is 24.7 Å². The van der Waals surface area contributed by atoms with Crippen molar-refractivity contribution < 1.29 is 23.8 Å². The molecule has 0 amide bonds. The fourth-order valence-electron chi connectivity index (χ4n) is 2.96. The summed E-state index contributed by atoms with van der Waals surface area (Å²) in [5, 5.41) is 0.371. The Hall–Kier alpha value is -2.35. The molecule has 2 aromatic carbocycles. The number of carbonyl (C=O) groups is 2. The van der Waals surface area contributed by atoms with E-state index >= 15 is 0 Å². The van der Waals surface area contributed by atoms with Gasteiger partial charge in [-0.15, -0.1) is 17.0 Å². The van der Waals surface area contributed by atoms with Crippen LogP contribution in [0.2, 0.25) is 5.02 Å². The second kappa shape index (κ2) is 10.4. The Morgan fingerprint density at radius 2 is 1.83 bits per heavy atom. The Morgan fingerprint density at radius 1 is 1.17 bits per heavy atom. The minimum Gasteiger partial charge on any atom is -0.497 e. The molecule has 0 aliphatic carbocycles. The highest BCUT2D eigenvalue weighted by atomic mass is 79.9. The third-order valence-corrected chi connectivity index (χ3v) is 4.69. The normalized spacial score (nSPS) is 17.4. The van der Waals surface area contributed by atoms with Crippen LogP contribution in [0, 0.1) is 0 Å². The molecule has 0 aromatic heterocycles. The molecule has 0 saturated heterocycles. The maximum Gasteiger partial charge on any atom is 0.335 e. The van der Waals surface area contributed by atoms with Gasteiger partial charge in [0.2, 0.25) is 0 Å². The number of esters is 2. The fraction of sp³-hybridized carbons (Fsp3) is 0.238. The number of halogens is 2. The summed E-state index contributed by atoms with van der Waals surface area (Å²) in [6.07, 6.45) is -0.399. The fourth-order valence-corrected chi connectivity index (χ4v) is 3.20. The standard InChI is InChI=1S/C21H20ClNO5.BrH/c1-26-17-12-18(24)27-20(17)19(14-9-5-6-10-15(14)22)28-21(25)16(23)11-13-7-3-2-4-8-13;/h2-10,12,16,19-20H,11,23H2,1H3;1H/t16-,19?,20?;/m0./s1. The molecular formula is C21H21BrClNO5. The Labute approximate surface area is 184 Å². The van der Waals surface area contributed by atoms with Crippen LogP contribution in [0.5, 0.6) is 0 Å². The van der Waals surface area contributed by atoms with Gasteiger partial charge in [-0.25, -0.2) is 4.79 Å². The first-order valence-electron chi connectivity index (χ1n) is 8.70. The molecule has 3 rings (SSSR count). The van der Waals surface area contributed by atoms with Gasteiger partial charge in [-0.1, -0.05) is 60.1 Å². The van der Waals surface area contributed by atoms with E-state index < -0.39 is 30.2 Å². The van der Waals surface area contributed by atoms with Crippen molar-refractivity contribution in [3.63, 3.8) is 0 Å². The molecule has 2 N–H and O–H groups in total. The molecule has 0 saturated carbocycles. The molecule has 0 spiro atoms. The minimum atomic E-state index is -0.985. The summed E-state index contributed by atoms with van der Waals surface area (Å²) in [5.74, 6) is -0.963. The van der Waals surface area contributed by atoms with Gasteiger partial charge in [0.15, 0.2) is 12.2 Å². The van der Waals surface area contributed by atoms with Crippen LogP contribution in [0.3, 0.4) is 0 Å². The molecule has 6 nitrogen and oxygen atoms in total. The van der Waals surface area contributed by atoms with Crippen LogP contribution >= 0.6 is 28.6 Å². The lowest BCUT2D eigenvalue weighted by Crippen LogP contribution is -2.38. The van der Waals surface area contributed by atoms with E-state index in [4.69, 9.17) is 31.5 Å². The van der Waals surface area contributed by atoms with Gasteiger partial charge in [-0.05, 0) is 18.1 Å². The minimum absolute atomic E-state index is 0. The molecule has 2 aromatic rings. The highest BCUT2D eigenvalue weighted by Crippen LogP contribution is 2.35. The summed E-state index contributed by atoms with van der Waals surface area (Å²) in [6.45, 7) is 0. The predicted octanol–water partition coefficient (Wildman–Crippen LogP) is 3.53. The number of hydrogen-bond acceptors (Lipinski definition) is 6. The first kappa shape index (κ1) is 22.9. The smallest absolute Gasteiger partial charge is 0.335 e. The van der Waals surface area contributed by atoms with Gasteiger partial charge in [0.05, 0.1) is 13.2 Å². The van der Waals surface area contributed by atoms with Gasteiger partial charge in [0.1, 0.15) is 11.8 Å². The highest BCUT2D eigenvalue weighted by molar-refractivity contribution is 8.93. The van der Waals surface area contributed by atoms with Crippen molar-refractivity contribution in [1.82, 2.24) is 0 Å². The summed E-state index contributed by atoms with van der Waals surface area (Å²) in [7, 11) is 1.41. The molecule has 1 aliphatic heterocycles. The zero-order valence-corrected chi connectivity index (χ0v) is 18.1. The number of carbonyl (C=O) groups excluding carboxylic acids is 2. The Kier molecular flexibility index (Phi) is 8.25. The number of rotatable bonds is 7. The van der Waals surface area contributed by atoms with E-state index in [0.717, 1.165) is 5.56 Å². The Balaban J connectivity index is 0.00000300. The van der Waals surface area contributed by atoms with Gasteiger partial charge >= 0.3 is 11.9 Å². The molecule has 0 bridgehead atoms. The van der Waals surface area contributed by atoms with Gasteiger partial charge in [0.25, 0.3) is 0 Å². The molecule has 0 fully saturated rings. The van der Waals surface area contributed by atoms with Crippen LogP contribution < -0.4 is 5.73 Å². The van der Waals surface area contributed by atoms with E-state index in [-0.39, 0.29) is 22.7 Å². The molecule has 29 heavy (non-hydrogen) atoms. The number of methoxy groups -OCH3 is 1. The topological polar surface area (TPSA) is 87.9 Å². The zero-order chi connectivity index (χ0) is 20.1. The molecular weight excluding hydrogens is 462 g/mol. The van der Waals surface area contributed by atoms with E-state index in [1.807, 2.05) is 30.3 Å². The van der Waals surface area contributed by atoms with E-state index in [0.29, 0.717) is 17.0 Å². The van der Waals surface area contributed by atoms with E-state index in [1.54, 1.807) is 24.3 Å². The monoisotopic (exact) mass is 481 g/mol. The van der Waals surface area contributed by atoms with Crippen LogP contribution in [-0.2, 0) is 30.2 Å². The first-order chi connectivity index (χ1) is 13.5. The van der Waals surface area contributed by atoms with Gasteiger partial charge in [-0.2, -0.15) is 0 Å². The number of cyclic esters (lactones) is 1. The van der Waals surface area contributed by atoms with Crippen LogP contribution in [0.1, 0.15) is 17.2 Å². The van der Waals surface area contributed by atoms with Crippen molar-refractivity contribution in [3.05, 3.63) is 82.6 Å². The number of benzene rings is 2. The number of ether oxygens (including phenoxy) is 3. The van der Waals surface area contributed by atoms with Crippen molar-refractivity contribution in [1.29, 1.82) is 0 Å². The van der Waals surface area contributed by atoms with Crippen LogP contribution in [-0.4, -0.2) is 31.2 Å². The molecule has 0 radical (unpaired) electrons. The molecule has 3 atom stereocenters. The third kappa shape index (κ3) is 5.59. The first-order valence-corrected chi connectivity index (χ1v) is 9.08. The Morgan fingerprint density at radius 3 is 2.48 bits per heavy atom. The van der Waals surface area contributed by atoms with Crippen LogP contribution in [0.25, 0.3) is 0 Å². The second-order valence-electron chi connectivity index (χ2n) is 6.28. The van der Waals surface area contributed by atoms with Crippen molar-refractivity contribution in [2.24, 2.45) is 5.73 Å². The molecule has 1 heterocycles. The van der Waals surface area contributed by atoms with Gasteiger partial charge < -0.3 is 19.9 Å². The predicted molar refractivity (Wildman–Crippen MR) is 114 cm³/mol. The molecule has 8 heteroatoms. The summed E-state index contributed by atoms with van der Waals surface area (Å²) >= 11 is 6.29. The van der Waals surface area contributed by atoms with Crippen LogP contribution in [0.4, 0.5) is 0 Å². The average Bonchev–Trinajstić information content (AvgIpc) is 3.08. The van der Waals surface area contributed by atoms with Gasteiger partial charge in [0, 0.05) is 10.6 Å². The molecule has 1 aliphatic rings. The number of nitrogens with two attached hydrogens (primary N) is 1. The van der Waals surface area contributed by atoms with Crippen molar-refractivity contribution in [2.75, 3.05) is 7.11 Å². The average molecular weight is 483 g/mol. The van der Waals surface area contributed by atoms with E-state index in [9.17, 15) is 9.59 Å². The third-order valence-electron chi connectivity index (χ3n) is 4.35. The quantitative estimate of drug-likeness (QED) is 0.608. The summed E-state index contributed by atoms with van der Waals surface area (Å²) < 4.78 is 16.2. The zero-order valence-electron chi connectivity index (χ0n) is 15.6. The SMILES string of the molecule is Br.COC1=CC(=O)OC1C(OC(=O)[C@@H](N)Cc1ccccc1)c1ccccc1Cl. The molecule has 154 valence electrons. The second-order valence-corrected chi connectivity index (χ2v) is 6.69. The largest absolute Gasteiger partial charge is 0.497 e. The van der Waals surface area contributed by atoms with E-state index in [2.05, 4.69) is 0 Å². The van der Waals surface area contributed by atoms with Crippen molar-refractivity contribution >= 4 is 40.5 Å². The Bertz CT molecular complexity index is 890. The van der Waals surface area contributed by atoms with E-state index in [1.165, 1.54) is 13.2 Å². The lowest BCUT2D eigenvalue weighted by atomic mass is 10.0. The summed E-state index contributed by atoms with van der Waals surface area (Å²) in [6, 6.07) is 15.3. The summed E-state index contributed by atoms with van der Waals surface area (Å²) in [4.78, 5) is 24.4. The highest BCUT2D eigenvalue weighted by Gasteiger charge is 2.40. The maximum atomic E-state index is 12.7. The molecule has 2 unspecified atom stereocenters. The van der Waals surface area contributed by atoms with Gasteiger partial charge in [-0.3, -0.25) is 4.79 Å². The van der Waals surface area contributed by atoms with Crippen LogP contribution in [0.15, 0.2) is 66.4 Å². The summed E-state index contributed by atoms with van der Waals surface area (Å²) in [5.41, 5.74) is 7.45.